The van der Waals surface area contributed by atoms with Gasteiger partial charge in [0.25, 0.3) is 0 Å². The maximum absolute atomic E-state index is 10.6. The van der Waals surface area contributed by atoms with Gasteiger partial charge in [-0.1, -0.05) is 0 Å². The van der Waals surface area contributed by atoms with Gasteiger partial charge in [-0.05, 0) is 25.7 Å². The Morgan fingerprint density at radius 3 is 2.50 bits per heavy atom. The van der Waals surface area contributed by atoms with Crippen molar-refractivity contribution in [2.45, 2.75) is 31.5 Å². The summed E-state index contributed by atoms with van der Waals surface area (Å²) in [5.74, 6) is -0.274. The molecule has 3 aliphatic rings. The first-order valence-electron chi connectivity index (χ1n) is 3.55. The number of fused-ring (bicyclic) bond motifs is 1. The second-order valence-electron chi connectivity index (χ2n) is 3.29. The molecule has 1 aliphatic carbocycles. The Morgan fingerprint density at radius 2 is 2.30 bits per heavy atom. The lowest BCUT2D eigenvalue weighted by molar-refractivity contribution is -0.163. The molecule has 0 radical (unpaired) electrons. The molecule has 0 aromatic rings. The van der Waals surface area contributed by atoms with Crippen LogP contribution in [0.1, 0.15) is 19.8 Å². The van der Waals surface area contributed by atoms with Gasteiger partial charge in [0, 0.05) is 0 Å². The van der Waals surface area contributed by atoms with E-state index in [0.29, 0.717) is 5.92 Å². The van der Waals surface area contributed by atoms with E-state index in [1.165, 1.54) is 0 Å². The number of carboxylic acid groups (broad SMARTS) is 1. The fourth-order valence-electron chi connectivity index (χ4n) is 1.89. The third kappa shape index (κ3) is 0.515. The average molecular weight is 142 g/mol. The Morgan fingerprint density at radius 1 is 1.70 bits per heavy atom. The van der Waals surface area contributed by atoms with Gasteiger partial charge >= 0.3 is 5.97 Å². The minimum Gasteiger partial charge on any atom is -0.479 e. The normalized spacial score (nSPS) is 50.5. The summed E-state index contributed by atoms with van der Waals surface area (Å²) in [4.78, 5) is 10.6. The Labute approximate surface area is 59.0 Å². The monoisotopic (exact) mass is 142 g/mol. The molecule has 0 spiro atoms. The van der Waals surface area contributed by atoms with Crippen LogP contribution in [-0.4, -0.2) is 22.8 Å². The zero-order valence-corrected chi connectivity index (χ0v) is 5.83. The van der Waals surface area contributed by atoms with Gasteiger partial charge in [-0.15, -0.1) is 0 Å². The van der Waals surface area contributed by atoms with Gasteiger partial charge in [0.2, 0.25) is 0 Å². The van der Waals surface area contributed by atoms with E-state index in [-0.39, 0.29) is 6.10 Å². The van der Waals surface area contributed by atoms with Gasteiger partial charge in [-0.3, -0.25) is 0 Å². The molecule has 0 aromatic heterocycles. The summed E-state index contributed by atoms with van der Waals surface area (Å²) in [7, 11) is 0. The number of carboxylic acids is 1. The third-order valence-corrected chi connectivity index (χ3v) is 2.65. The van der Waals surface area contributed by atoms with E-state index in [0.717, 1.165) is 12.8 Å². The Bertz CT molecular complexity index is 181. The summed E-state index contributed by atoms with van der Waals surface area (Å²) >= 11 is 0. The molecule has 3 nitrogen and oxygen atoms in total. The summed E-state index contributed by atoms with van der Waals surface area (Å²) in [6.45, 7) is 1.95. The fraction of sp³-hybridized carbons (Fsp3) is 0.857. The molecule has 2 aliphatic heterocycles. The zero-order valence-electron chi connectivity index (χ0n) is 5.83. The first-order chi connectivity index (χ1) is 4.64. The molecule has 2 bridgehead atoms. The lowest BCUT2D eigenvalue weighted by Gasteiger charge is -2.30. The standard InChI is InChI=1S/C7H10O3/c1-4-5-2-7(3-5,10-4)6(8)9/h4-5H,2-3H2,1H3,(H,8,9)/t4-,5?,7?/m0/s1. The molecule has 3 fully saturated rings. The highest BCUT2D eigenvalue weighted by molar-refractivity contribution is 5.79. The summed E-state index contributed by atoms with van der Waals surface area (Å²) in [5.41, 5.74) is -0.774. The largest absolute Gasteiger partial charge is 0.479 e. The number of carbonyl (C=O) groups is 1. The van der Waals surface area contributed by atoms with Crippen LogP contribution in [0.25, 0.3) is 0 Å². The summed E-state index contributed by atoms with van der Waals surface area (Å²) in [5, 5.41) is 8.70. The van der Waals surface area contributed by atoms with Crippen LogP contribution in [0.5, 0.6) is 0 Å². The van der Waals surface area contributed by atoms with Gasteiger partial charge in [-0.2, -0.15) is 0 Å². The number of rotatable bonds is 1. The molecular weight excluding hydrogens is 132 g/mol. The average Bonchev–Trinajstić information content (AvgIpc) is 2.16. The number of hydrogen-bond acceptors (Lipinski definition) is 2. The predicted molar refractivity (Wildman–Crippen MR) is 33.6 cm³/mol. The van der Waals surface area contributed by atoms with Crippen LogP contribution in [0.2, 0.25) is 0 Å². The number of ether oxygens (including phenoxy) is 1. The topological polar surface area (TPSA) is 46.5 Å². The molecule has 3 heteroatoms. The van der Waals surface area contributed by atoms with Crippen molar-refractivity contribution in [1.82, 2.24) is 0 Å². The van der Waals surface area contributed by atoms with E-state index in [1.807, 2.05) is 6.92 Å². The van der Waals surface area contributed by atoms with Gasteiger partial charge in [-0.25, -0.2) is 4.79 Å². The maximum atomic E-state index is 10.6. The molecule has 2 saturated heterocycles. The van der Waals surface area contributed by atoms with E-state index in [1.54, 1.807) is 0 Å². The Kier molecular flexibility index (Phi) is 0.944. The summed E-state index contributed by atoms with van der Waals surface area (Å²) in [6.07, 6.45) is 1.61. The maximum Gasteiger partial charge on any atom is 0.336 e. The highest BCUT2D eigenvalue weighted by atomic mass is 16.5. The molecule has 0 amide bonds. The van der Waals surface area contributed by atoms with Gasteiger partial charge < -0.3 is 9.84 Å². The van der Waals surface area contributed by atoms with Crippen molar-refractivity contribution in [2.24, 2.45) is 5.92 Å². The second-order valence-corrected chi connectivity index (χ2v) is 3.29. The van der Waals surface area contributed by atoms with Gasteiger partial charge in [0.1, 0.15) is 0 Å². The van der Waals surface area contributed by atoms with E-state index in [9.17, 15) is 4.79 Å². The Balaban J connectivity index is 2.18. The molecule has 1 atom stereocenters. The molecule has 56 valence electrons. The molecule has 2 heterocycles. The lowest BCUT2D eigenvalue weighted by atomic mass is 9.73. The van der Waals surface area contributed by atoms with E-state index in [4.69, 9.17) is 9.84 Å². The third-order valence-electron chi connectivity index (χ3n) is 2.65. The van der Waals surface area contributed by atoms with Crippen LogP contribution >= 0.6 is 0 Å². The van der Waals surface area contributed by atoms with Gasteiger partial charge in [0.05, 0.1) is 6.10 Å². The molecule has 0 unspecified atom stereocenters. The van der Waals surface area contributed by atoms with Crippen molar-refractivity contribution in [2.75, 3.05) is 0 Å². The SMILES string of the molecule is C[C@@H]1OC2(C(=O)O)CC1C2. The van der Waals surface area contributed by atoms with E-state index in [2.05, 4.69) is 0 Å². The first-order valence-corrected chi connectivity index (χ1v) is 3.55. The van der Waals surface area contributed by atoms with Crippen molar-refractivity contribution in [3.8, 4) is 0 Å². The quantitative estimate of drug-likeness (QED) is 0.584. The van der Waals surface area contributed by atoms with Crippen molar-refractivity contribution < 1.29 is 14.6 Å². The van der Waals surface area contributed by atoms with Crippen molar-refractivity contribution in [1.29, 1.82) is 0 Å². The zero-order chi connectivity index (χ0) is 7.35. The second kappa shape index (κ2) is 1.53. The first kappa shape index (κ1) is 6.16. The molecule has 10 heavy (non-hydrogen) atoms. The minimum atomic E-state index is -0.784. The minimum absolute atomic E-state index is 0.163. The van der Waals surface area contributed by atoms with Crippen LogP contribution in [0.4, 0.5) is 0 Å². The Hall–Kier alpha value is -0.570. The van der Waals surface area contributed by atoms with E-state index >= 15 is 0 Å². The molecule has 3 rings (SSSR count). The molecule has 0 aromatic carbocycles. The van der Waals surface area contributed by atoms with E-state index < -0.39 is 11.6 Å². The fourth-order valence-corrected chi connectivity index (χ4v) is 1.89. The lowest BCUT2D eigenvalue weighted by Crippen LogP contribution is -2.44. The van der Waals surface area contributed by atoms with Crippen molar-refractivity contribution >= 4 is 5.97 Å². The van der Waals surface area contributed by atoms with Crippen LogP contribution in [0.3, 0.4) is 0 Å². The van der Waals surface area contributed by atoms with Crippen LogP contribution in [-0.2, 0) is 9.53 Å². The number of aliphatic carboxylic acids is 1. The summed E-state index contributed by atoms with van der Waals surface area (Å²) in [6, 6.07) is 0. The number of hydrogen-bond donors (Lipinski definition) is 1. The predicted octanol–water partition coefficient (Wildman–Crippen LogP) is 0.639. The molecule has 1 N–H and O–H groups in total. The smallest absolute Gasteiger partial charge is 0.336 e. The molecule has 1 saturated carbocycles. The van der Waals surface area contributed by atoms with Crippen LogP contribution in [0.15, 0.2) is 0 Å². The van der Waals surface area contributed by atoms with Crippen molar-refractivity contribution in [3.63, 3.8) is 0 Å². The highest BCUT2D eigenvalue weighted by Gasteiger charge is 2.60. The highest BCUT2D eigenvalue weighted by Crippen LogP contribution is 2.52. The van der Waals surface area contributed by atoms with Crippen LogP contribution < -0.4 is 0 Å². The summed E-state index contributed by atoms with van der Waals surface area (Å²) < 4.78 is 5.28. The molecular formula is C7H10O3. The van der Waals surface area contributed by atoms with Crippen LogP contribution in [0, 0.1) is 5.92 Å². The van der Waals surface area contributed by atoms with Gasteiger partial charge in [0.15, 0.2) is 5.60 Å². The van der Waals surface area contributed by atoms with Crippen molar-refractivity contribution in [3.05, 3.63) is 0 Å².